The third-order valence-electron chi connectivity index (χ3n) is 6.29. The van der Waals surface area contributed by atoms with Crippen LogP contribution >= 0.6 is 31.9 Å². The normalized spacial score (nSPS) is 20.2. The summed E-state index contributed by atoms with van der Waals surface area (Å²) in [5, 5.41) is 0. The zero-order valence-corrected chi connectivity index (χ0v) is 21.7. The van der Waals surface area contributed by atoms with Crippen LogP contribution in [0.5, 0.6) is 0 Å². The molecule has 2 saturated heterocycles. The average Bonchev–Trinajstić information content (AvgIpc) is 3.26. The molecule has 1 aromatic heterocycles. The van der Waals surface area contributed by atoms with E-state index in [1.165, 1.54) is 0 Å². The van der Waals surface area contributed by atoms with Crippen molar-refractivity contribution >= 4 is 43.5 Å². The number of amides is 1. The maximum Gasteiger partial charge on any atom is 0.416 e. The van der Waals surface area contributed by atoms with Crippen molar-refractivity contribution in [3.05, 3.63) is 56.2 Å². The van der Waals surface area contributed by atoms with Crippen LogP contribution in [0.25, 0.3) is 0 Å². The lowest BCUT2D eigenvalue weighted by Gasteiger charge is -2.41. The van der Waals surface area contributed by atoms with Crippen molar-refractivity contribution in [1.29, 1.82) is 0 Å². The highest BCUT2D eigenvalue weighted by atomic mass is 79.9. The standard InChI is InChI=1S/C22H21Br2F6N5O/c23-17-4-3-16(19(24)31-17)18(35-7-6-34-5-1-2-15(34)11-35)20(36)33-32-14-9-12(21(25,26)27)8-13(10-14)22(28,29)30/h3-4,8-10,15,18,32H,1-2,5-7,11H2,(H,33,36). The first kappa shape index (κ1) is 27.1. The van der Waals surface area contributed by atoms with Gasteiger partial charge >= 0.3 is 12.4 Å². The van der Waals surface area contributed by atoms with Crippen molar-refractivity contribution in [3.8, 4) is 0 Å². The van der Waals surface area contributed by atoms with Gasteiger partial charge in [-0.25, -0.2) is 4.98 Å². The number of carbonyl (C=O) groups is 1. The number of aromatic nitrogens is 1. The minimum Gasteiger partial charge on any atom is -0.299 e. The number of carbonyl (C=O) groups excluding carboxylic acids is 1. The van der Waals surface area contributed by atoms with E-state index in [4.69, 9.17) is 0 Å². The first-order valence-electron chi connectivity index (χ1n) is 11.0. The van der Waals surface area contributed by atoms with Gasteiger partial charge in [-0.1, -0.05) is 6.07 Å². The third kappa shape index (κ3) is 6.14. The Morgan fingerprint density at radius 1 is 1.00 bits per heavy atom. The van der Waals surface area contributed by atoms with Crippen LogP contribution in [0, 0.1) is 0 Å². The van der Waals surface area contributed by atoms with Crippen molar-refractivity contribution in [3.63, 3.8) is 0 Å². The zero-order chi connectivity index (χ0) is 26.3. The maximum absolute atomic E-state index is 13.4. The highest BCUT2D eigenvalue weighted by molar-refractivity contribution is 9.11. The van der Waals surface area contributed by atoms with Gasteiger partial charge in [0, 0.05) is 31.2 Å². The first-order valence-corrected chi connectivity index (χ1v) is 12.6. The number of alkyl halides is 6. The summed E-state index contributed by atoms with van der Waals surface area (Å²) in [7, 11) is 0. The van der Waals surface area contributed by atoms with Gasteiger partial charge in [-0.2, -0.15) is 26.3 Å². The van der Waals surface area contributed by atoms with Gasteiger partial charge in [0.05, 0.1) is 16.8 Å². The molecule has 0 aliphatic carbocycles. The number of anilines is 1. The lowest BCUT2D eigenvalue weighted by molar-refractivity contribution is -0.143. The quantitative estimate of drug-likeness (QED) is 0.252. The largest absolute Gasteiger partial charge is 0.416 e. The topological polar surface area (TPSA) is 60.5 Å². The monoisotopic (exact) mass is 643 g/mol. The van der Waals surface area contributed by atoms with Gasteiger partial charge in [0.1, 0.15) is 15.2 Å². The van der Waals surface area contributed by atoms with E-state index in [9.17, 15) is 31.1 Å². The number of pyridine rings is 1. The van der Waals surface area contributed by atoms with Gasteiger partial charge in [-0.3, -0.25) is 25.4 Å². The minimum atomic E-state index is -5.00. The molecule has 0 bridgehead atoms. The Labute approximate surface area is 219 Å². The van der Waals surface area contributed by atoms with Crippen molar-refractivity contribution in [2.24, 2.45) is 0 Å². The summed E-state index contributed by atoms with van der Waals surface area (Å²) in [6.07, 6.45) is -7.97. The van der Waals surface area contributed by atoms with Gasteiger partial charge in [-0.15, -0.1) is 0 Å². The summed E-state index contributed by atoms with van der Waals surface area (Å²) < 4.78 is 80.1. The van der Waals surface area contributed by atoms with E-state index < -0.39 is 41.1 Å². The maximum atomic E-state index is 13.4. The van der Waals surface area contributed by atoms with Crippen molar-refractivity contribution < 1.29 is 31.1 Å². The van der Waals surface area contributed by atoms with Crippen LogP contribution in [-0.2, 0) is 17.1 Å². The van der Waals surface area contributed by atoms with Gasteiger partial charge in [0.2, 0.25) is 0 Å². The van der Waals surface area contributed by atoms with E-state index >= 15 is 0 Å². The van der Waals surface area contributed by atoms with Gasteiger partial charge in [0.25, 0.3) is 5.91 Å². The Morgan fingerprint density at radius 2 is 1.67 bits per heavy atom. The highest BCUT2D eigenvalue weighted by Crippen LogP contribution is 2.38. The molecule has 1 amide bonds. The predicted molar refractivity (Wildman–Crippen MR) is 127 cm³/mol. The number of rotatable bonds is 5. The fourth-order valence-electron chi connectivity index (χ4n) is 4.61. The Bertz CT molecular complexity index is 1100. The van der Waals surface area contributed by atoms with Crippen LogP contribution < -0.4 is 10.9 Å². The first-order chi connectivity index (χ1) is 16.8. The van der Waals surface area contributed by atoms with Gasteiger partial charge in [-0.05, 0) is 75.5 Å². The second-order valence-electron chi connectivity index (χ2n) is 8.65. The summed E-state index contributed by atoms with van der Waals surface area (Å²) in [4.78, 5) is 22.0. The second kappa shape index (κ2) is 10.5. The van der Waals surface area contributed by atoms with Crippen LogP contribution in [0.1, 0.15) is 35.6 Å². The molecule has 2 N–H and O–H groups in total. The number of halogens is 8. The van der Waals surface area contributed by atoms with E-state index in [2.05, 4.69) is 52.6 Å². The average molecular weight is 645 g/mol. The van der Waals surface area contributed by atoms with Gasteiger partial charge < -0.3 is 0 Å². The van der Waals surface area contributed by atoms with Crippen LogP contribution in [0.3, 0.4) is 0 Å². The Kier molecular flexibility index (Phi) is 7.89. The van der Waals surface area contributed by atoms with Crippen LogP contribution in [0.4, 0.5) is 32.0 Å². The number of benzene rings is 1. The molecular formula is C22H21Br2F6N5O. The molecule has 2 fully saturated rings. The summed E-state index contributed by atoms with van der Waals surface area (Å²) in [6, 6.07) is 3.78. The molecule has 4 rings (SSSR count). The molecule has 1 aromatic carbocycles. The second-order valence-corrected chi connectivity index (χ2v) is 10.2. The molecule has 2 aliphatic heterocycles. The smallest absolute Gasteiger partial charge is 0.299 e. The van der Waals surface area contributed by atoms with E-state index in [0.717, 1.165) is 25.9 Å². The fraction of sp³-hybridized carbons (Fsp3) is 0.455. The minimum absolute atomic E-state index is 0.0293. The van der Waals surface area contributed by atoms with Crippen LogP contribution in [-0.4, -0.2) is 52.9 Å². The number of hydrazine groups is 1. The molecule has 2 aliphatic rings. The molecule has 2 aromatic rings. The number of nitrogens with one attached hydrogen (secondary N) is 2. The molecule has 0 spiro atoms. The Morgan fingerprint density at radius 3 is 2.28 bits per heavy atom. The molecule has 3 heterocycles. The molecule has 2 unspecified atom stereocenters. The Balaban J connectivity index is 1.60. The molecule has 0 radical (unpaired) electrons. The van der Waals surface area contributed by atoms with Crippen molar-refractivity contribution in [1.82, 2.24) is 20.2 Å². The number of fused-ring (bicyclic) bond motifs is 1. The zero-order valence-electron chi connectivity index (χ0n) is 18.6. The van der Waals surface area contributed by atoms with E-state index in [1.807, 2.05) is 4.90 Å². The van der Waals surface area contributed by atoms with Crippen LogP contribution in [0.2, 0.25) is 0 Å². The number of piperazine rings is 1. The molecule has 196 valence electrons. The number of hydrogen-bond acceptors (Lipinski definition) is 5. The van der Waals surface area contributed by atoms with Crippen molar-refractivity contribution in [2.75, 3.05) is 31.6 Å². The molecule has 0 saturated carbocycles. The van der Waals surface area contributed by atoms with E-state index in [-0.39, 0.29) is 12.1 Å². The fourth-order valence-corrected chi connectivity index (χ4v) is 5.70. The van der Waals surface area contributed by atoms with Crippen LogP contribution in [0.15, 0.2) is 39.5 Å². The molecule has 36 heavy (non-hydrogen) atoms. The summed E-state index contributed by atoms with van der Waals surface area (Å²) >= 11 is 6.63. The molecule has 14 heteroatoms. The number of nitrogens with zero attached hydrogens (tertiary/aromatic N) is 3. The number of hydrogen-bond donors (Lipinski definition) is 2. The predicted octanol–water partition coefficient (Wildman–Crippen LogP) is 5.61. The van der Waals surface area contributed by atoms with Crippen molar-refractivity contribution in [2.45, 2.75) is 37.3 Å². The molecule has 6 nitrogen and oxygen atoms in total. The summed E-state index contributed by atoms with van der Waals surface area (Å²) in [5.41, 5.74) is 1.58. The SMILES string of the molecule is O=C(NNc1cc(C(F)(F)F)cc(C(F)(F)F)c1)C(c1ccc(Br)nc1Br)N1CCN2CCCC2C1. The lowest BCUT2D eigenvalue weighted by Crippen LogP contribution is -2.54. The Hall–Kier alpha value is -1.90. The van der Waals surface area contributed by atoms with E-state index in [1.54, 1.807) is 12.1 Å². The third-order valence-corrected chi connectivity index (χ3v) is 7.36. The lowest BCUT2D eigenvalue weighted by atomic mass is 10.0. The molecule has 2 atom stereocenters. The van der Waals surface area contributed by atoms with Gasteiger partial charge in [0.15, 0.2) is 0 Å². The van der Waals surface area contributed by atoms with E-state index in [0.29, 0.717) is 40.0 Å². The molecular weight excluding hydrogens is 624 g/mol. The summed E-state index contributed by atoms with van der Waals surface area (Å²) in [6.45, 7) is 2.87. The summed E-state index contributed by atoms with van der Waals surface area (Å²) in [5.74, 6) is -0.641. The highest BCUT2D eigenvalue weighted by Gasteiger charge is 2.39.